The number of amides is 1. The van der Waals surface area contributed by atoms with Crippen LogP contribution in [0.4, 0.5) is 5.00 Å². The van der Waals surface area contributed by atoms with Gasteiger partial charge < -0.3 is 10.1 Å². The average Bonchev–Trinajstić information content (AvgIpc) is 2.89. The monoisotopic (exact) mass is 411 g/mol. The van der Waals surface area contributed by atoms with Crippen LogP contribution in [0.5, 0.6) is 0 Å². The van der Waals surface area contributed by atoms with E-state index in [1.165, 1.54) is 17.4 Å². The summed E-state index contributed by atoms with van der Waals surface area (Å²) in [6.45, 7) is 5.91. The van der Waals surface area contributed by atoms with E-state index < -0.39 is 5.97 Å². The lowest BCUT2D eigenvalue weighted by atomic mass is 10.1. The lowest BCUT2D eigenvalue weighted by Gasteiger charge is -2.06. The van der Waals surface area contributed by atoms with Crippen molar-refractivity contribution in [3.8, 4) is 0 Å². The third-order valence-electron chi connectivity index (χ3n) is 3.66. The van der Waals surface area contributed by atoms with Crippen molar-refractivity contribution in [2.45, 2.75) is 27.2 Å². The second-order valence-corrected chi connectivity index (χ2v) is 7.47. The Bertz CT molecular complexity index is 859. The fourth-order valence-electron chi connectivity index (χ4n) is 2.47. The minimum atomic E-state index is -0.422. The van der Waals surface area contributed by atoms with Crippen molar-refractivity contribution < 1.29 is 14.3 Å². The van der Waals surface area contributed by atoms with Crippen molar-refractivity contribution in [3.63, 3.8) is 0 Å². The molecule has 0 aliphatic rings. The number of anilines is 1. The molecular weight excluding hydrogens is 393 g/mol. The Hall–Kier alpha value is -1.82. The van der Waals surface area contributed by atoms with Crippen LogP contribution in [-0.2, 0) is 16.0 Å². The second kappa shape index (κ2) is 9.21. The maximum Gasteiger partial charge on any atom is 0.341 e. The largest absolute Gasteiger partial charge is 0.462 e. The summed E-state index contributed by atoms with van der Waals surface area (Å²) in [5, 5.41) is 4.24. The Kier molecular flexibility index (Phi) is 7.26. The van der Waals surface area contributed by atoms with Crippen LogP contribution in [0.15, 0.2) is 24.3 Å². The Balaban J connectivity index is 2.23. The SMILES string of the molecule is CCOC(=O)c1c(NC(=O)C=Cc2ccc(Cl)cc2Cl)sc(C)c1CC. The molecule has 0 saturated carbocycles. The van der Waals surface area contributed by atoms with E-state index in [9.17, 15) is 9.59 Å². The minimum Gasteiger partial charge on any atom is -0.462 e. The number of ether oxygens (including phenoxy) is 1. The highest BCUT2D eigenvalue weighted by Crippen LogP contribution is 2.34. The Labute approximate surface area is 166 Å². The first-order valence-corrected chi connectivity index (χ1v) is 9.68. The molecule has 0 unspecified atom stereocenters. The zero-order valence-electron chi connectivity index (χ0n) is 14.7. The van der Waals surface area contributed by atoms with Gasteiger partial charge in [-0.25, -0.2) is 4.79 Å². The Morgan fingerprint density at radius 3 is 2.62 bits per heavy atom. The van der Waals surface area contributed by atoms with Gasteiger partial charge in [0.1, 0.15) is 5.00 Å². The molecule has 0 saturated heterocycles. The number of aryl methyl sites for hydroxylation is 1. The van der Waals surface area contributed by atoms with Crippen LogP contribution in [0.1, 0.15) is 40.2 Å². The maximum absolute atomic E-state index is 12.3. The molecule has 26 heavy (non-hydrogen) atoms. The highest BCUT2D eigenvalue weighted by atomic mass is 35.5. The zero-order chi connectivity index (χ0) is 19.3. The zero-order valence-corrected chi connectivity index (χ0v) is 17.0. The Morgan fingerprint density at radius 2 is 2.00 bits per heavy atom. The van der Waals surface area contributed by atoms with Gasteiger partial charge in [0, 0.05) is 21.0 Å². The van der Waals surface area contributed by atoms with E-state index in [0.29, 0.717) is 32.6 Å². The van der Waals surface area contributed by atoms with Gasteiger partial charge >= 0.3 is 5.97 Å². The summed E-state index contributed by atoms with van der Waals surface area (Å²) in [7, 11) is 0. The molecule has 0 radical (unpaired) electrons. The first-order valence-electron chi connectivity index (χ1n) is 8.10. The molecule has 1 N–H and O–H groups in total. The highest BCUT2D eigenvalue weighted by Gasteiger charge is 2.22. The van der Waals surface area contributed by atoms with Crippen LogP contribution in [-0.4, -0.2) is 18.5 Å². The number of thiophene rings is 1. The van der Waals surface area contributed by atoms with Gasteiger partial charge in [0.05, 0.1) is 12.2 Å². The maximum atomic E-state index is 12.3. The molecule has 2 rings (SSSR count). The summed E-state index contributed by atoms with van der Waals surface area (Å²) in [5.74, 6) is -0.779. The van der Waals surface area contributed by atoms with Crippen LogP contribution >= 0.6 is 34.5 Å². The molecule has 1 aromatic heterocycles. The summed E-state index contributed by atoms with van der Waals surface area (Å²) in [4.78, 5) is 25.6. The summed E-state index contributed by atoms with van der Waals surface area (Å²) in [6, 6.07) is 5.03. The first-order chi connectivity index (χ1) is 12.4. The van der Waals surface area contributed by atoms with Gasteiger partial charge in [-0.1, -0.05) is 36.2 Å². The lowest BCUT2D eigenvalue weighted by Crippen LogP contribution is -2.13. The molecule has 0 aliphatic heterocycles. The number of rotatable bonds is 6. The smallest absolute Gasteiger partial charge is 0.341 e. The van der Waals surface area contributed by atoms with E-state index in [4.69, 9.17) is 27.9 Å². The van der Waals surface area contributed by atoms with Crippen molar-refractivity contribution >= 4 is 57.5 Å². The third kappa shape index (κ3) is 4.87. The quantitative estimate of drug-likeness (QED) is 0.485. The molecule has 0 spiro atoms. The molecule has 0 atom stereocenters. The van der Waals surface area contributed by atoms with Crippen LogP contribution in [0.3, 0.4) is 0 Å². The van der Waals surface area contributed by atoms with Crippen LogP contribution in [0, 0.1) is 6.92 Å². The van der Waals surface area contributed by atoms with E-state index >= 15 is 0 Å². The standard InChI is InChI=1S/C19H19Cl2NO3S/c1-4-14-11(3)26-18(17(14)19(24)25-5-2)22-16(23)9-7-12-6-8-13(20)10-15(12)21/h6-10H,4-5H2,1-3H3,(H,22,23). The summed E-state index contributed by atoms with van der Waals surface area (Å²) in [5.41, 5.74) is 2.00. The van der Waals surface area contributed by atoms with Gasteiger partial charge in [-0.2, -0.15) is 0 Å². The molecule has 1 amide bonds. The van der Waals surface area contributed by atoms with E-state index in [2.05, 4.69) is 5.32 Å². The fraction of sp³-hybridized carbons (Fsp3) is 0.263. The van der Waals surface area contributed by atoms with Crippen molar-refractivity contribution in [2.24, 2.45) is 0 Å². The number of halogens is 2. The first kappa shape index (κ1) is 20.5. The number of hydrogen-bond acceptors (Lipinski definition) is 4. The number of carbonyl (C=O) groups is 2. The van der Waals surface area contributed by atoms with Crippen molar-refractivity contribution in [3.05, 3.63) is 55.9 Å². The highest BCUT2D eigenvalue weighted by molar-refractivity contribution is 7.16. The third-order valence-corrected chi connectivity index (χ3v) is 5.28. The summed E-state index contributed by atoms with van der Waals surface area (Å²) >= 11 is 13.3. The van der Waals surface area contributed by atoms with E-state index in [1.807, 2.05) is 13.8 Å². The Morgan fingerprint density at radius 1 is 1.27 bits per heavy atom. The molecule has 1 heterocycles. The molecule has 4 nitrogen and oxygen atoms in total. The van der Waals surface area contributed by atoms with Gasteiger partial charge in [-0.15, -0.1) is 11.3 Å². The van der Waals surface area contributed by atoms with Crippen molar-refractivity contribution in [2.75, 3.05) is 11.9 Å². The molecule has 0 fully saturated rings. The van der Waals surface area contributed by atoms with Gasteiger partial charge in [0.25, 0.3) is 0 Å². The minimum absolute atomic E-state index is 0.277. The molecule has 0 bridgehead atoms. The van der Waals surface area contributed by atoms with Crippen LogP contribution < -0.4 is 5.32 Å². The molecule has 138 valence electrons. The van der Waals surface area contributed by atoms with Gasteiger partial charge in [-0.3, -0.25) is 4.79 Å². The number of carbonyl (C=O) groups excluding carboxylic acids is 2. The molecule has 1 aromatic carbocycles. The molecule has 0 aliphatic carbocycles. The van der Waals surface area contributed by atoms with Crippen molar-refractivity contribution in [1.82, 2.24) is 0 Å². The van der Waals surface area contributed by atoms with Crippen LogP contribution in [0.25, 0.3) is 6.08 Å². The topological polar surface area (TPSA) is 55.4 Å². The second-order valence-electron chi connectivity index (χ2n) is 5.40. The average molecular weight is 412 g/mol. The number of nitrogens with one attached hydrogen (secondary N) is 1. The number of hydrogen-bond donors (Lipinski definition) is 1. The number of esters is 1. The molecular formula is C19H19Cl2NO3S. The summed E-state index contributed by atoms with van der Waals surface area (Å²) in [6.07, 6.45) is 3.65. The van der Waals surface area contributed by atoms with Gasteiger partial charge in [-0.05, 0) is 49.6 Å². The van der Waals surface area contributed by atoms with E-state index in [-0.39, 0.29) is 12.5 Å². The van der Waals surface area contributed by atoms with Crippen LogP contribution in [0.2, 0.25) is 10.0 Å². The molecule has 2 aromatic rings. The lowest BCUT2D eigenvalue weighted by molar-refractivity contribution is -0.111. The van der Waals surface area contributed by atoms with Crippen molar-refractivity contribution in [1.29, 1.82) is 0 Å². The van der Waals surface area contributed by atoms with E-state index in [1.54, 1.807) is 31.2 Å². The number of benzene rings is 1. The summed E-state index contributed by atoms with van der Waals surface area (Å²) < 4.78 is 5.13. The molecule has 7 heteroatoms. The van der Waals surface area contributed by atoms with E-state index in [0.717, 1.165) is 10.4 Å². The normalized spacial score (nSPS) is 11.0. The van der Waals surface area contributed by atoms with Gasteiger partial charge in [0.2, 0.25) is 5.91 Å². The fourth-order valence-corrected chi connectivity index (χ4v) is 4.07. The predicted octanol–water partition coefficient (Wildman–Crippen LogP) is 5.75. The van der Waals surface area contributed by atoms with Gasteiger partial charge in [0.15, 0.2) is 0 Å². The predicted molar refractivity (Wildman–Crippen MR) is 109 cm³/mol.